The van der Waals surface area contributed by atoms with E-state index in [9.17, 15) is 4.79 Å². The van der Waals surface area contributed by atoms with Gasteiger partial charge in [-0.2, -0.15) is 0 Å². The number of likely N-dealkylation sites (N-methyl/N-ethyl adjacent to an activating group) is 1. The quantitative estimate of drug-likeness (QED) is 0.635. The first-order valence-electron chi connectivity index (χ1n) is 11.7. The maximum absolute atomic E-state index is 13.3. The van der Waals surface area contributed by atoms with Gasteiger partial charge in [-0.3, -0.25) is 9.79 Å². The van der Waals surface area contributed by atoms with E-state index >= 15 is 0 Å². The summed E-state index contributed by atoms with van der Waals surface area (Å²) in [6.07, 6.45) is 3.91. The highest BCUT2D eigenvalue weighted by Gasteiger charge is 2.36. The smallest absolute Gasteiger partial charge is 0.220 e. The molecule has 174 valence electrons. The van der Waals surface area contributed by atoms with Crippen LogP contribution in [0.25, 0.3) is 0 Å². The van der Waals surface area contributed by atoms with Crippen molar-refractivity contribution in [2.24, 2.45) is 15.8 Å². The van der Waals surface area contributed by atoms with Crippen molar-refractivity contribution < 1.29 is 4.79 Å². The summed E-state index contributed by atoms with van der Waals surface area (Å²) in [6, 6.07) is 10.5. The van der Waals surface area contributed by atoms with Crippen molar-refractivity contribution in [2.75, 3.05) is 47.3 Å². The second-order valence-electron chi connectivity index (χ2n) is 10.9. The van der Waals surface area contributed by atoms with Crippen molar-refractivity contribution in [1.82, 2.24) is 15.1 Å². The first kappa shape index (κ1) is 25.5. The first-order valence-corrected chi connectivity index (χ1v) is 11.7. The standard InChI is InChI=1S/C26H44N4O/c1-21(22-13-9-8-10-14-22)27-19-26(15-11-12-16-30(7)20-26)17-24(31)28-23(18-29(5)6)25(2,3)4/h8-10,13-14,23H,11-12,15-20H2,1-7H3,(H,28,31)/t23-,26?/m1/s1. The summed E-state index contributed by atoms with van der Waals surface area (Å²) in [7, 11) is 6.30. The number of nitrogens with zero attached hydrogens (tertiary/aromatic N) is 3. The predicted molar refractivity (Wildman–Crippen MR) is 132 cm³/mol. The number of amides is 1. The number of hydrogen-bond donors (Lipinski definition) is 1. The van der Waals surface area contributed by atoms with Gasteiger partial charge < -0.3 is 15.1 Å². The lowest BCUT2D eigenvalue weighted by molar-refractivity contribution is -0.125. The molecule has 1 aromatic carbocycles. The maximum Gasteiger partial charge on any atom is 0.220 e. The van der Waals surface area contributed by atoms with Crippen molar-refractivity contribution in [3.8, 4) is 0 Å². The molecule has 5 nitrogen and oxygen atoms in total. The van der Waals surface area contributed by atoms with Gasteiger partial charge >= 0.3 is 0 Å². The number of aliphatic imine (C=N–C) groups is 1. The van der Waals surface area contributed by atoms with E-state index in [1.165, 1.54) is 6.42 Å². The summed E-state index contributed by atoms with van der Waals surface area (Å²) < 4.78 is 0. The summed E-state index contributed by atoms with van der Waals surface area (Å²) >= 11 is 0. The summed E-state index contributed by atoms with van der Waals surface area (Å²) in [4.78, 5) is 22.8. The Kier molecular flexibility index (Phi) is 9.26. The van der Waals surface area contributed by atoms with Crippen molar-refractivity contribution in [3.05, 3.63) is 35.9 Å². The SMILES string of the molecule is CC(=NCC1(CC(=O)N[C@H](CN(C)C)C(C)(C)C)CCCCN(C)C1)c1ccccc1. The Morgan fingerprint density at radius 3 is 2.52 bits per heavy atom. The lowest BCUT2D eigenvalue weighted by Gasteiger charge is -2.37. The van der Waals surface area contributed by atoms with Crippen LogP contribution in [0.2, 0.25) is 0 Å². The summed E-state index contributed by atoms with van der Waals surface area (Å²) in [5, 5.41) is 3.37. The zero-order valence-corrected chi connectivity index (χ0v) is 20.9. The molecule has 1 amide bonds. The van der Waals surface area contributed by atoms with E-state index in [-0.39, 0.29) is 22.8 Å². The van der Waals surface area contributed by atoms with E-state index in [1.807, 2.05) is 18.2 Å². The Hall–Kier alpha value is -1.72. The van der Waals surface area contributed by atoms with Crippen LogP contribution in [0.1, 0.15) is 58.9 Å². The molecule has 0 aliphatic carbocycles. The van der Waals surface area contributed by atoms with Gasteiger partial charge in [0.05, 0.1) is 0 Å². The van der Waals surface area contributed by atoms with Crippen LogP contribution in [0.3, 0.4) is 0 Å². The van der Waals surface area contributed by atoms with Crippen LogP contribution < -0.4 is 5.32 Å². The van der Waals surface area contributed by atoms with Gasteiger partial charge in [0, 0.05) is 43.2 Å². The maximum atomic E-state index is 13.3. The normalized spacial score (nSPS) is 22.3. The molecule has 0 bridgehead atoms. The summed E-state index contributed by atoms with van der Waals surface area (Å²) in [5.41, 5.74) is 2.09. The third-order valence-corrected chi connectivity index (χ3v) is 6.41. The fourth-order valence-electron chi connectivity index (χ4n) is 4.49. The number of carbonyl (C=O) groups is 1. The topological polar surface area (TPSA) is 47.9 Å². The Bertz CT molecular complexity index is 723. The van der Waals surface area contributed by atoms with E-state index in [1.54, 1.807) is 0 Å². The average Bonchev–Trinajstić information content (AvgIpc) is 2.86. The van der Waals surface area contributed by atoms with Gasteiger partial charge in [0.25, 0.3) is 0 Å². The average molecular weight is 429 g/mol. The van der Waals surface area contributed by atoms with Gasteiger partial charge in [0.15, 0.2) is 0 Å². The minimum absolute atomic E-state index is 0.00931. The number of nitrogens with one attached hydrogen (secondary N) is 1. The monoisotopic (exact) mass is 428 g/mol. The van der Waals surface area contributed by atoms with Crippen molar-refractivity contribution in [3.63, 3.8) is 0 Å². The highest BCUT2D eigenvalue weighted by Crippen LogP contribution is 2.34. The number of rotatable bonds is 8. The predicted octanol–water partition coefficient (Wildman–Crippen LogP) is 4.08. The highest BCUT2D eigenvalue weighted by molar-refractivity contribution is 5.98. The minimum Gasteiger partial charge on any atom is -0.352 e. The fourth-order valence-corrected chi connectivity index (χ4v) is 4.49. The van der Waals surface area contributed by atoms with Gasteiger partial charge in [-0.15, -0.1) is 0 Å². The largest absolute Gasteiger partial charge is 0.352 e. The third-order valence-electron chi connectivity index (χ3n) is 6.41. The molecule has 2 rings (SSSR count). The van der Waals surface area contributed by atoms with Crippen LogP contribution in [-0.4, -0.2) is 74.8 Å². The summed E-state index contributed by atoms with van der Waals surface area (Å²) in [6.45, 7) is 12.2. The molecule has 1 aliphatic heterocycles. The molecule has 0 aromatic heterocycles. The third kappa shape index (κ3) is 8.38. The Morgan fingerprint density at radius 1 is 1.23 bits per heavy atom. The molecule has 1 unspecified atom stereocenters. The molecule has 31 heavy (non-hydrogen) atoms. The molecule has 1 heterocycles. The Labute approximate surface area is 190 Å². The molecule has 1 aliphatic rings. The zero-order chi connectivity index (χ0) is 23.1. The van der Waals surface area contributed by atoms with Crippen molar-refractivity contribution in [2.45, 2.75) is 59.4 Å². The second-order valence-corrected chi connectivity index (χ2v) is 10.9. The van der Waals surface area contributed by atoms with Crippen molar-refractivity contribution >= 4 is 11.6 Å². The van der Waals surface area contributed by atoms with Crippen LogP contribution in [-0.2, 0) is 4.79 Å². The Balaban J connectivity index is 2.19. The molecular weight excluding hydrogens is 384 g/mol. The van der Waals surface area contributed by atoms with E-state index in [0.29, 0.717) is 13.0 Å². The molecule has 5 heteroatoms. The minimum atomic E-state index is -0.119. The molecule has 0 saturated carbocycles. The van der Waals surface area contributed by atoms with Gasteiger partial charge in [0.1, 0.15) is 0 Å². The molecule has 2 atom stereocenters. The molecule has 0 spiro atoms. The van der Waals surface area contributed by atoms with Gasteiger partial charge in [-0.05, 0) is 58.4 Å². The summed E-state index contributed by atoms with van der Waals surface area (Å²) in [5.74, 6) is 0.157. The van der Waals surface area contributed by atoms with Gasteiger partial charge in [-0.25, -0.2) is 0 Å². The number of carbonyl (C=O) groups excluding carboxylic acids is 1. The van der Waals surface area contributed by atoms with Crippen LogP contribution in [0, 0.1) is 10.8 Å². The molecule has 1 fully saturated rings. The van der Waals surface area contributed by atoms with Crippen LogP contribution in [0.4, 0.5) is 0 Å². The van der Waals surface area contributed by atoms with E-state index in [4.69, 9.17) is 4.99 Å². The van der Waals surface area contributed by atoms with E-state index < -0.39 is 0 Å². The molecule has 0 radical (unpaired) electrons. The second kappa shape index (κ2) is 11.2. The van der Waals surface area contributed by atoms with E-state index in [0.717, 1.165) is 43.8 Å². The van der Waals surface area contributed by atoms with E-state index in [2.05, 4.69) is 76.1 Å². The van der Waals surface area contributed by atoms with Crippen molar-refractivity contribution in [1.29, 1.82) is 0 Å². The molecule has 1 saturated heterocycles. The fraction of sp³-hybridized carbons (Fsp3) is 0.692. The Morgan fingerprint density at radius 2 is 1.90 bits per heavy atom. The van der Waals surface area contributed by atoms with Crippen LogP contribution >= 0.6 is 0 Å². The zero-order valence-electron chi connectivity index (χ0n) is 20.9. The first-order chi connectivity index (χ1) is 14.5. The molecule has 1 aromatic rings. The highest BCUT2D eigenvalue weighted by atomic mass is 16.1. The number of likely N-dealkylation sites (tertiary alicyclic amines) is 1. The number of benzene rings is 1. The van der Waals surface area contributed by atoms with Gasteiger partial charge in [-0.1, -0.05) is 57.5 Å². The molecular formula is C26H44N4O. The lowest BCUT2D eigenvalue weighted by Crippen LogP contribution is -2.51. The molecule has 1 N–H and O–H groups in total. The number of hydrogen-bond acceptors (Lipinski definition) is 4. The lowest BCUT2D eigenvalue weighted by atomic mass is 9.79. The van der Waals surface area contributed by atoms with Crippen LogP contribution in [0.5, 0.6) is 0 Å². The van der Waals surface area contributed by atoms with Gasteiger partial charge in [0.2, 0.25) is 5.91 Å². The van der Waals surface area contributed by atoms with Crippen LogP contribution in [0.15, 0.2) is 35.3 Å².